The van der Waals surface area contributed by atoms with E-state index in [0.717, 1.165) is 16.7 Å². The number of carbonyl (C=O) groups excluding carboxylic acids is 5. The Labute approximate surface area is 374 Å². The Kier molecular flexibility index (Phi) is 18.1. The van der Waals surface area contributed by atoms with Gasteiger partial charge in [-0.3, -0.25) is 14.9 Å². The van der Waals surface area contributed by atoms with Crippen molar-refractivity contribution in [3.63, 3.8) is 0 Å². The number of methoxy groups -OCH3 is 1. The summed E-state index contributed by atoms with van der Waals surface area (Å²) in [5, 5.41) is 11.3. The van der Waals surface area contributed by atoms with Gasteiger partial charge in [0.2, 0.25) is 17.8 Å². The maximum atomic E-state index is 14.4. The highest BCUT2D eigenvalue weighted by molar-refractivity contribution is 5.99. The maximum Gasteiger partial charge on any atom is 0.437 e. The van der Waals surface area contributed by atoms with Crippen LogP contribution in [-0.2, 0) is 48.2 Å². The molecule has 2 unspecified atom stereocenters. The number of piperidine rings is 1. The zero-order valence-corrected chi connectivity index (χ0v) is 36.9. The van der Waals surface area contributed by atoms with Crippen molar-refractivity contribution >= 4 is 36.1 Å². The molecular formula is C48H58N6O10. The molecule has 0 bridgehead atoms. The number of rotatable bonds is 16. The molecular weight excluding hydrogens is 821 g/mol. The van der Waals surface area contributed by atoms with E-state index in [4.69, 9.17) is 23.7 Å². The predicted molar refractivity (Wildman–Crippen MR) is 239 cm³/mol. The number of hydrogen-bond acceptors (Lipinski definition) is 10. The molecule has 4 aromatic rings. The molecule has 0 aromatic heterocycles. The van der Waals surface area contributed by atoms with Gasteiger partial charge in [0.15, 0.2) is 0 Å². The van der Waals surface area contributed by atoms with E-state index < -0.39 is 59.9 Å². The summed E-state index contributed by atoms with van der Waals surface area (Å²) in [5.74, 6) is -0.577. The quantitative estimate of drug-likeness (QED) is 0.0539. The average molecular weight is 879 g/mol. The van der Waals surface area contributed by atoms with Crippen molar-refractivity contribution in [2.24, 2.45) is 4.99 Å². The van der Waals surface area contributed by atoms with Gasteiger partial charge in [0.1, 0.15) is 42.8 Å². The van der Waals surface area contributed by atoms with E-state index in [1.54, 1.807) is 74.2 Å². The fourth-order valence-corrected chi connectivity index (χ4v) is 6.82. The second-order valence-electron chi connectivity index (χ2n) is 16.0. The summed E-state index contributed by atoms with van der Waals surface area (Å²) in [6.07, 6.45) is -2.65. The Hall–Kier alpha value is -6.94. The second kappa shape index (κ2) is 24.1. The molecule has 16 heteroatoms. The van der Waals surface area contributed by atoms with Gasteiger partial charge in [0.05, 0.1) is 6.61 Å². The third kappa shape index (κ3) is 15.8. The summed E-state index contributed by atoms with van der Waals surface area (Å²) < 4.78 is 27.8. The SMILES string of the molecule is CCOc1ccc(CC(NC(=O)OC(C)(C)C)C(=O)N[C@@H](C(=O)NC2CCN(C(=NC(=O)OCc3ccccc3)NC(=O)OCc3ccccc3)CC2)C(OC)c2ccccc2)cc1. The summed E-state index contributed by atoms with van der Waals surface area (Å²) in [4.78, 5) is 73.5. The molecule has 4 N–H and O–H groups in total. The Bertz CT molecular complexity index is 2140. The van der Waals surface area contributed by atoms with Crippen LogP contribution in [0.15, 0.2) is 120 Å². The van der Waals surface area contributed by atoms with E-state index in [1.165, 1.54) is 7.11 Å². The van der Waals surface area contributed by atoms with Crippen LogP contribution in [0.2, 0.25) is 0 Å². The summed E-state index contributed by atoms with van der Waals surface area (Å²) in [6, 6.07) is 31.6. The molecule has 0 saturated carbocycles. The molecule has 340 valence electrons. The number of ether oxygens (including phenoxy) is 5. The Morgan fingerprint density at radius 2 is 1.30 bits per heavy atom. The standard InChI is InChI=1S/C48H58N6O10/c1-6-61-38-24-22-33(23-25-38)30-39(50-47(59)64-48(2,3)4)42(55)51-40(41(60-5)36-20-14-9-15-21-36)43(56)49-37-26-28-54(29-27-37)44(52-45(57)62-31-34-16-10-7-11-17-34)53-46(58)63-32-35-18-12-8-13-19-35/h7-25,37,39-41H,6,26-32H2,1-5H3,(H,49,56)(H,50,59)(H,51,55)(H,52,53,57,58)/t39?,40-,41?/m1/s1. The molecule has 1 fully saturated rings. The number of amides is 5. The van der Waals surface area contributed by atoms with Gasteiger partial charge in [-0.25, -0.2) is 14.4 Å². The zero-order chi connectivity index (χ0) is 45.9. The van der Waals surface area contributed by atoms with Crippen LogP contribution in [0.25, 0.3) is 0 Å². The van der Waals surface area contributed by atoms with E-state index in [2.05, 4.69) is 26.3 Å². The topological polar surface area (TPSA) is 195 Å². The monoisotopic (exact) mass is 878 g/mol. The lowest BCUT2D eigenvalue weighted by atomic mass is 9.98. The molecule has 1 aliphatic rings. The Balaban J connectivity index is 1.31. The van der Waals surface area contributed by atoms with Crippen molar-refractivity contribution in [1.82, 2.24) is 26.2 Å². The molecule has 1 saturated heterocycles. The molecule has 5 amide bonds. The second-order valence-corrected chi connectivity index (χ2v) is 16.0. The minimum atomic E-state index is -1.25. The molecule has 0 aliphatic carbocycles. The number of likely N-dealkylation sites (tertiary alicyclic amines) is 1. The lowest BCUT2D eigenvalue weighted by Gasteiger charge is -2.35. The average Bonchev–Trinajstić information content (AvgIpc) is 3.28. The smallest absolute Gasteiger partial charge is 0.437 e. The van der Waals surface area contributed by atoms with Gasteiger partial charge in [-0.15, -0.1) is 4.99 Å². The number of hydrogen-bond donors (Lipinski definition) is 4. The molecule has 1 aliphatic heterocycles. The van der Waals surface area contributed by atoms with Crippen molar-refractivity contribution in [2.45, 2.75) is 90.0 Å². The maximum absolute atomic E-state index is 14.4. The van der Waals surface area contributed by atoms with E-state index in [0.29, 0.717) is 30.8 Å². The first-order valence-electron chi connectivity index (χ1n) is 21.2. The number of aliphatic imine (C=N–C) groups is 1. The van der Waals surface area contributed by atoms with Crippen LogP contribution < -0.4 is 26.0 Å². The highest BCUT2D eigenvalue weighted by Crippen LogP contribution is 2.23. The van der Waals surface area contributed by atoms with Crippen LogP contribution in [0.4, 0.5) is 14.4 Å². The van der Waals surface area contributed by atoms with Crippen molar-refractivity contribution < 1.29 is 47.7 Å². The summed E-state index contributed by atoms with van der Waals surface area (Å²) >= 11 is 0. The number of alkyl carbamates (subject to hydrolysis) is 2. The van der Waals surface area contributed by atoms with Crippen LogP contribution in [0.5, 0.6) is 5.75 Å². The fourth-order valence-electron chi connectivity index (χ4n) is 6.82. The van der Waals surface area contributed by atoms with Gasteiger partial charge in [-0.05, 0) is 74.9 Å². The lowest BCUT2D eigenvalue weighted by Crippen LogP contribution is -2.59. The molecule has 0 radical (unpaired) electrons. The van der Waals surface area contributed by atoms with Crippen LogP contribution >= 0.6 is 0 Å². The van der Waals surface area contributed by atoms with Crippen molar-refractivity contribution in [3.05, 3.63) is 138 Å². The Morgan fingerprint density at radius 1 is 0.719 bits per heavy atom. The van der Waals surface area contributed by atoms with Crippen LogP contribution in [-0.4, -0.2) is 91.5 Å². The van der Waals surface area contributed by atoms with Crippen molar-refractivity contribution in [1.29, 1.82) is 0 Å². The summed E-state index contributed by atoms with van der Waals surface area (Å²) in [5.41, 5.74) is 2.06. The molecule has 0 spiro atoms. The van der Waals surface area contributed by atoms with E-state index in [-0.39, 0.29) is 38.7 Å². The normalized spacial score (nSPS) is 14.5. The van der Waals surface area contributed by atoms with E-state index >= 15 is 0 Å². The molecule has 64 heavy (non-hydrogen) atoms. The number of nitrogens with zero attached hydrogens (tertiary/aromatic N) is 2. The third-order valence-corrected chi connectivity index (χ3v) is 9.92. The molecule has 1 heterocycles. The van der Waals surface area contributed by atoms with Crippen molar-refractivity contribution in [2.75, 3.05) is 26.8 Å². The van der Waals surface area contributed by atoms with Gasteiger partial charge in [-0.2, -0.15) is 0 Å². The molecule has 3 atom stereocenters. The van der Waals surface area contributed by atoms with Gasteiger partial charge < -0.3 is 44.5 Å². The molecule has 5 rings (SSSR count). The molecule has 4 aromatic carbocycles. The fraction of sp³-hybridized carbons (Fsp3) is 0.375. The van der Waals surface area contributed by atoms with E-state index in [1.807, 2.05) is 73.7 Å². The van der Waals surface area contributed by atoms with Gasteiger partial charge >= 0.3 is 18.3 Å². The van der Waals surface area contributed by atoms with E-state index in [9.17, 15) is 24.0 Å². The highest BCUT2D eigenvalue weighted by atomic mass is 16.6. The number of nitrogens with one attached hydrogen (secondary N) is 4. The zero-order valence-electron chi connectivity index (χ0n) is 36.9. The minimum absolute atomic E-state index is 0.00491. The van der Waals surface area contributed by atoms with Crippen LogP contribution in [0.1, 0.15) is 68.9 Å². The largest absolute Gasteiger partial charge is 0.494 e. The Morgan fingerprint density at radius 3 is 1.86 bits per heavy atom. The highest BCUT2D eigenvalue weighted by Gasteiger charge is 2.36. The first-order chi connectivity index (χ1) is 30.8. The van der Waals surface area contributed by atoms with Gasteiger partial charge in [0.25, 0.3) is 0 Å². The summed E-state index contributed by atoms with van der Waals surface area (Å²) in [7, 11) is 1.45. The van der Waals surface area contributed by atoms with Crippen molar-refractivity contribution in [3.8, 4) is 5.75 Å². The van der Waals surface area contributed by atoms with Crippen LogP contribution in [0, 0.1) is 0 Å². The number of guanidine groups is 1. The summed E-state index contributed by atoms with van der Waals surface area (Å²) in [6.45, 7) is 8.02. The lowest BCUT2D eigenvalue weighted by molar-refractivity contribution is -0.134. The van der Waals surface area contributed by atoms with Crippen LogP contribution in [0.3, 0.4) is 0 Å². The number of benzene rings is 4. The van der Waals surface area contributed by atoms with Gasteiger partial charge in [0, 0.05) is 32.7 Å². The first kappa shape index (κ1) is 48.1. The predicted octanol–water partition coefficient (Wildman–Crippen LogP) is 6.59. The minimum Gasteiger partial charge on any atom is -0.494 e. The van der Waals surface area contributed by atoms with Gasteiger partial charge in [-0.1, -0.05) is 103 Å². The first-order valence-corrected chi connectivity index (χ1v) is 21.2. The molecule has 16 nitrogen and oxygen atoms in total. The number of carbonyl (C=O) groups is 5. The third-order valence-electron chi connectivity index (χ3n) is 9.92.